The molecule has 2 atom stereocenters. The van der Waals surface area contributed by atoms with E-state index in [1.807, 2.05) is 0 Å². The molecule has 0 radical (unpaired) electrons. The van der Waals surface area contributed by atoms with Gasteiger partial charge in [-0.15, -0.1) is 0 Å². The third kappa shape index (κ3) is 19.1. The average molecular weight is 689 g/mol. The van der Waals surface area contributed by atoms with E-state index >= 15 is 0 Å². The fourth-order valence-corrected chi connectivity index (χ4v) is 3.57. The third-order valence-corrected chi connectivity index (χ3v) is 5.67. The van der Waals surface area contributed by atoms with Crippen molar-refractivity contribution in [2.24, 2.45) is 11.8 Å². The minimum atomic E-state index is -1.20. The average Bonchev–Trinajstić information content (AvgIpc) is 3.37. The smallest absolute Gasteiger partial charge is 1.00 e. The van der Waals surface area contributed by atoms with Crippen LogP contribution in [0.25, 0.3) is 0 Å². The summed E-state index contributed by atoms with van der Waals surface area (Å²) in [4.78, 5) is 89.6. The van der Waals surface area contributed by atoms with Gasteiger partial charge in [0.25, 0.3) is 23.6 Å². The Morgan fingerprint density at radius 2 is 0.860 bits per heavy atom. The Hall–Kier alpha value is -1.10. The molecule has 0 aromatic rings. The molecule has 17 heteroatoms. The summed E-state index contributed by atoms with van der Waals surface area (Å²) >= 11 is 0. The van der Waals surface area contributed by atoms with E-state index in [4.69, 9.17) is 20.4 Å². The second-order valence-corrected chi connectivity index (χ2v) is 8.60. The van der Waals surface area contributed by atoms with Gasteiger partial charge in [0.1, 0.15) is 0 Å². The summed E-state index contributed by atoms with van der Waals surface area (Å²) in [5.74, 6) is -7.82. The summed E-state index contributed by atoms with van der Waals surface area (Å²) in [6, 6.07) is 0. The minimum absolute atomic E-state index is 0. The van der Waals surface area contributed by atoms with E-state index in [1.54, 1.807) is 0 Å². The van der Waals surface area contributed by atoms with E-state index in [2.05, 4.69) is 0 Å². The van der Waals surface area contributed by atoms with Gasteiger partial charge < -0.3 is 29.0 Å². The number of carboxylic acids is 4. The van der Waals surface area contributed by atoms with Crippen LogP contribution in [0.5, 0.6) is 0 Å². The zero-order valence-electron chi connectivity index (χ0n) is 29.5. The molecule has 0 aromatic heterocycles. The maximum Gasteiger partial charge on any atom is 2.00 e. The van der Waals surface area contributed by atoms with Crippen LogP contribution in [-0.4, -0.2) is 204 Å². The third-order valence-electron chi connectivity index (χ3n) is 5.67. The molecule has 4 amide bonds. The van der Waals surface area contributed by atoms with Gasteiger partial charge in [0.05, 0.1) is 11.8 Å². The van der Waals surface area contributed by atoms with Crippen LogP contribution in [0.1, 0.15) is 47.1 Å². The zero-order valence-corrected chi connectivity index (χ0v) is 30.1. The Balaban J connectivity index is -0.0000000788. The van der Waals surface area contributed by atoms with Crippen molar-refractivity contribution in [2.45, 2.75) is 38.5 Å². The van der Waals surface area contributed by atoms with E-state index in [0.717, 1.165) is 34.1 Å². The van der Waals surface area contributed by atoms with Crippen LogP contribution in [-0.2, 0) is 38.4 Å². The van der Waals surface area contributed by atoms with Gasteiger partial charge in [-0.2, -0.15) is 0 Å². The largest absolute Gasteiger partial charge is 2.00 e. The van der Waals surface area contributed by atoms with Crippen molar-refractivity contribution in [1.29, 1.82) is 0 Å². The topological polar surface area (TPSA) is 224 Å². The second kappa shape index (κ2) is 25.1. The molecule has 2 unspecified atom stereocenters. The van der Waals surface area contributed by atoms with E-state index in [9.17, 15) is 38.4 Å². The molecule has 2 heterocycles. The van der Waals surface area contributed by atoms with Gasteiger partial charge in [-0.25, -0.2) is 9.59 Å². The monoisotopic (exact) mass is 688 g/mol. The first-order valence-electron chi connectivity index (χ1n) is 12.2. The van der Waals surface area contributed by atoms with Crippen LogP contribution in [0.4, 0.5) is 0 Å². The molecule has 0 bridgehead atoms. The first kappa shape index (κ1) is 46.3. The molecule has 2 aliphatic rings. The van der Waals surface area contributed by atoms with Gasteiger partial charge in [-0.05, 0) is 25.7 Å². The van der Waals surface area contributed by atoms with Crippen LogP contribution >= 0.6 is 0 Å². The SMILES string of the molecule is O=C(O)C=CC(CCCCN1C(=O)C=CC1=O)C(=O)O.O=C(O)C=CC(CCCCN1C(=O)C=CC1=O)C(=O)O.[Ca+2].[Ca+2].[Ca+2].[H-].[H-].[H-].[H-].[H-].[H-]. The van der Waals surface area contributed by atoms with Crippen molar-refractivity contribution in [1.82, 2.24) is 9.80 Å². The minimum Gasteiger partial charge on any atom is -1.00 e. The Morgan fingerprint density at radius 1 is 0.581 bits per heavy atom. The fraction of sp³-hybridized carbons (Fsp3) is 0.385. The van der Waals surface area contributed by atoms with Crippen LogP contribution in [0, 0.1) is 11.8 Å². The number of carbonyl (C=O) groups is 8. The number of rotatable bonds is 16. The molecule has 4 N–H and O–H groups in total. The molecule has 2 rings (SSSR count). The molecule has 43 heavy (non-hydrogen) atoms. The second-order valence-electron chi connectivity index (χ2n) is 8.60. The molecular weight excluding hydrogens is 653 g/mol. The number of unbranched alkanes of at least 4 members (excludes halogenated alkanes) is 2. The number of hydrogen-bond acceptors (Lipinski definition) is 8. The molecule has 0 saturated carbocycles. The number of imide groups is 2. The maximum absolute atomic E-state index is 11.2. The van der Waals surface area contributed by atoms with Crippen molar-refractivity contribution in [2.75, 3.05) is 13.1 Å². The summed E-state index contributed by atoms with van der Waals surface area (Å²) in [5.41, 5.74) is 0. The zero-order chi connectivity index (χ0) is 30.2. The Bertz CT molecular complexity index is 1050. The summed E-state index contributed by atoms with van der Waals surface area (Å²) < 4.78 is 0. The molecule has 0 aliphatic carbocycles. The van der Waals surface area contributed by atoms with Crippen molar-refractivity contribution in [3.8, 4) is 0 Å². The predicted molar refractivity (Wildman–Crippen MR) is 159 cm³/mol. The normalized spacial score (nSPS) is 15.0. The molecule has 0 fully saturated rings. The summed E-state index contributed by atoms with van der Waals surface area (Å²) in [6.07, 6.45) is 11.0. The van der Waals surface area contributed by atoms with Gasteiger partial charge >= 0.3 is 137 Å². The predicted octanol–water partition coefficient (Wildman–Crippen LogP) is 0.379. The number of hydrogen-bond donors (Lipinski definition) is 4. The van der Waals surface area contributed by atoms with Crippen molar-refractivity contribution < 1.29 is 67.3 Å². The molecule has 0 saturated heterocycles. The van der Waals surface area contributed by atoms with Crippen molar-refractivity contribution in [3.05, 3.63) is 48.6 Å². The van der Waals surface area contributed by atoms with Gasteiger partial charge in [0.15, 0.2) is 0 Å². The standard InChI is InChI=1S/2C13H15NO6.3Ca.6H/c2*15-10-5-6-11(16)14(10)8-2-1-3-9(13(19)20)4-7-12(17)18;;;;;;;;;/h2*4-7,9H,1-3,8H2,(H,17,18)(H,19,20);;;;;;;;;/q;;3*+2;6*-1. The molecular formula is C26H36Ca3N2O12. The first-order chi connectivity index (χ1) is 18.8. The van der Waals surface area contributed by atoms with E-state index < -0.39 is 35.7 Å². The fourth-order valence-electron chi connectivity index (χ4n) is 3.57. The van der Waals surface area contributed by atoms with E-state index in [0.29, 0.717) is 25.7 Å². The number of carbonyl (C=O) groups excluding carboxylic acids is 4. The molecule has 0 aromatic carbocycles. The summed E-state index contributed by atoms with van der Waals surface area (Å²) in [5, 5.41) is 34.7. The van der Waals surface area contributed by atoms with Crippen molar-refractivity contribution >= 4 is 161 Å². The van der Waals surface area contributed by atoms with E-state index in [1.165, 1.54) is 24.3 Å². The van der Waals surface area contributed by atoms with Gasteiger partial charge in [-0.3, -0.25) is 38.6 Å². The van der Waals surface area contributed by atoms with E-state index in [-0.39, 0.29) is 171 Å². The Morgan fingerprint density at radius 3 is 1.09 bits per heavy atom. The number of aliphatic carboxylic acids is 4. The first-order valence-corrected chi connectivity index (χ1v) is 12.2. The molecule has 0 spiro atoms. The van der Waals surface area contributed by atoms with Crippen LogP contribution < -0.4 is 0 Å². The van der Waals surface area contributed by atoms with Gasteiger partial charge in [0, 0.05) is 49.5 Å². The summed E-state index contributed by atoms with van der Waals surface area (Å²) in [7, 11) is 0. The Labute approximate surface area is 345 Å². The number of amides is 4. The quantitative estimate of drug-likeness (QED) is 0.0748. The van der Waals surface area contributed by atoms with Crippen LogP contribution in [0.15, 0.2) is 48.6 Å². The number of nitrogens with zero attached hydrogens (tertiary/aromatic N) is 2. The van der Waals surface area contributed by atoms with Crippen molar-refractivity contribution in [3.63, 3.8) is 0 Å². The molecule has 2 aliphatic heterocycles. The van der Waals surface area contributed by atoms with Gasteiger partial charge in [-0.1, -0.05) is 25.0 Å². The van der Waals surface area contributed by atoms with Gasteiger partial charge in [0.2, 0.25) is 0 Å². The summed E-state index contributed by atoms with van der Waals surface area (Å²) in [6.45, 7) is 0.472. The maximum atomic E-state index is 11.2. The van der Waals surface area contributed by atoms with Crippen LogP contribution in [0.3, 0.4) is 0 Å². The molecule has 14 nitrogen and oxygen atoms in total. The molecule has 228 valence electrons. The Kier molecular flexibility index (Phi) is 27.1. The van der Waals surface area contributed by atoms with Crippen LogP contribution in [0.2, 0.25) is 0 Å². The number of carboxylic acid groups (broad SMARTS) is 4.